The van der Waals surface area contributed by atoms with E-state index < -0.39 is 0 Å². The summed E-state index contributed by atoms with van der Waals surface area (Å²) in [4.78, 5) is 17.1. The van der Waals surface area contributed by atoms with E-state index in [0.717, 1.165) is 34.0 Å². The Labute approximate surface area is 185 Å². The smallest absolute Gasteiger partial charge is 0.224 e. The van der Waals surface area contributed by atoms with E-state index in [2.05, 4.69) is 21.5 Å². The van der Waals surface area contributed by atoms with Crippen LogP contribution in [0.2, 0.25) is 0 Å². The highest BCUT2D eigenvalue weighted by Gasteiger charge is 2.15. The van der Waals surface area contributed by atoms with E-state index >= 15 is 0 Å². The van der Waals surface area contributed by atoms with Crippen molar-refractivity contribution in [1.82, 2.24) is 14.6 Å². The second-order valence-corrected chi connectivity index (χ2v) is 7.49. The maximum atomic E-state index is 12.6. The fourth-order valence-corrected chi connectivity index (χ4v) is 3.62. The van der Waals surface area contributed by atoms with E-state index in [9.17, 15) is 10.1 Å². The lowest BCUT2D eigenvalue weighted by Crippen LogP contribution is -2.14. The molecule has 0 saturated heterocycles. The number of nitrogens with one attached hydrogen (secondary N) is 1. The van der Waals surface area contributed by atoms with Crippen LogP contribution in [0.4, 0.5) is 5.69 Å². The van der Waals surface area contributed by atoms with Gasteiger partial charge >= 0.3 is 0 Å². The zero-order chi connectivity index (χ0) is 22.5. The summed E-state index contributed by atoms with van der Waals surface area (Å²) in [6.45, 7) is 4.63. The molecular formula is C24H23N5O3. The van der Waals surface area contributed by atoms with Gasteiger partial charge in [-0.05, 0) is 55.7 Å². The third-order valence-electron chi connectivity index (χ3n) is 5.24. The largest absolute Gasteiger partial charge is 0.467 e. The second kappa shape index (κ2) is 9.45. The molecule has 0 radical (unpaired) electrons. The number of carbonyl (C=O) groups is 1. The highest BCUT2D eigenvalue weighted by atomic mass is 16.5. The Hall–Kier alpha value is -3.96. The van der Waals surface area contributed by atoms with Gasteiger partial charge in [-0.3, -0.25) is 4.79 Å². The average molecular weight is 429 g/mol. The second-order valence-electron chi connectivity index (χ2n) is 7.49. The Bertz CT molecular complexity index is 1290. The molecule has 4 aromatic rings. The number of benzene rings is 1. The fraction of sp³-hybridized carbons (Fsp3) is 0.250. The van der Waals surface area contributed by atoms with Crippen molar-refractivity contribution in [3.63, 3.8) is 0 Å². The summed E-state index contributed by atoms with van der Waals surface area (Å²) in [5, 5.41) is 16.4. The van der Waals surface area contributed by atoms with E-state index in [1.807, 2.05) is 50.2 Å². The van der Waals surface area contributed by atoms with Crippen LogP contribution in [-0.2, 0) is 29.2 Å². The predicted octanol–water partition coefficient (Wildman–Crippen LogP) is 4.10. The Morgan fingerprint density at radius 2 is 2.12 bits per heavy atom. The molecule has 0 spiro atoms. The Morgan fingerprint density at radius 3 is 2.91 bits per heavy atom. The molecule has 0 aliphatic heterocycles. The van der Waals surface area contributed by atoms with Gasteiger partial charge in [0.15, 0.2) is 5.65 Å². The fourth-order valence-electron chi connectivity index (χ4n) is 3.62. The van der Waals surface area contributed by atoms with Gasteiger partial charge in [-0.1, -0.05) is 12.1 Å². The van der Waals surface area contributed by atoms with Crippen molar-refractivity contribution in [2.45, 2.75) is 39.9 Å². The Morgan fingerprint density at radius 1 is 1.25 bits per heavy atom. The number of nitrogens with zero attached hydrogens (tertiary/aromatic N) is 4. The molecule has 0 saturated carbocycles. The zero-order valence-electron chi connectivity index (χ0n) is 18.0. The molecule has 1 amide bonds. The van der Waals surface area contributed by atoms with Crippen LogP contribution in [0.1, 0.15) is 40.3 Å². The van der Waals surface area contributed by atoms with E-state index in [-0.39, 0.29) is 5.91 Å². The van der Waals surface area contributed by atoms with Gasteiger partial charge in [-0.15, -0.1) is 0 Å². The molecule has 0 unspecified atom stereocenters. The van der Waals surface area contributed by atoms with Crippen LogP contribution in [0.3, 0.4) is 0 Å². The lowest BCUT2D eigenvalue weighted by molar-refractivity contribution is -0.116. The quantitative estimate of drug-likeness (QED) is 0.452. The number of fused-ring (bicyclic) bond motifs is 1. The highest BCUT2D eigenvalue weighted by Crippen LogP contribution is 2.19. The van der Waals surface area contributed by atoms with Gasteiger partial charge in [0.25, 0.3) is 0 Å². The molecule has 8 nitrogen and oxygen atoms in total. The third-order valence-corrected chi connectivity index (χ3v) is 5.24. The number of hydrogen-bond donors (Lipinski definition) is 1. The summed E-state index contributed by atoms with van der Waals surface area (Å²) in [7, 11) is 0. The van der Waals surface area contributed by atoms with Crippen LogP contribution in [0, 0.1) is 25.2 Å². The number of anilines is 1. The van der Waals surface area contributed by atoms with Crippen molar-refractivity contribution >= 4 is 17.2 Å². The SMILES string of the molecule is Cc1nc2c(C#N)cnn2c(C)c1CCC(=O)Nc1cccc(COCc2ccco2)c1. The minimum atomic E-state index is -0.0873. The Kier molecular flexibility index (Phi) is 6.29. The van der Waals surface area contributed by atoms with Crippen molar-refractivity contribution in [2.24, 2.45) is 0 Å². The van der Waals surface area contributed by atoms with Gasteiger partial charge in [0.1, 0.15) is 24.0 Å². The van der Waals surface area contributed by atoms with Gasteiger partial charge < -0.3 is 14.5 Å². The molecular weight excluding hydrogens is 406 g/mol. The van der Waals surface area contributed by atoms with Gasteiger partial charge in [0.2, 0.25) is 5.91 Å². The topological polar surface area (TPSA) is 105 Å². The molecule has 162 valence electrons. The molecule has 32 heavy (non-hydrogen) atoms. The number of furan rings is 1. The van der Waals surface area contributed by atoms with Crippen molar-refractivity contribution < 1.29 is 13.9 Å². The van der Waals surface area contributed by atoms with Crippen molar-refractivity contribution in [3.05, 3.63) is 82.7 Å². The number of rotatable bonds is 8. The molecule has 0 atom stereocenters. The van der Waals surface area contributed by atoms with Crippen molar-refractivity contribution in [2.75, 3.05) is 5.32 Å². The average Bonchev–Trinajstić information content (AvgIpc) is 3.43. The molecule has 3 heterocycles. The molecule has 0 aliphatic carbocycles. The number of amides is 1. The van der Waals surface area contributed by atoms with Crippen LogP contribution in [0.15, 0.2) is 53.3 Å². The molecule has 4 rings (SSSR count). The number of aryl methyl sites for hydroxylation is 2. The summed E-state index contributed by atoms with van der Waals surface area (Å²) in [5.41, 5.74) is 5.31. The first-order valence-corrected chi connectivity index (χ1v) is 10.3. The summed E-state index contributed by atoms with van der Waals surface area (Å²) < 4.78 is 12.6. The predicted molar refractivity (Wildman–Crippen MR) is 118 cm³/mol. The highest BCUT2D eigenvalue weighted by molar-refractivity contribution is 5.90. The van der Waals surface area contributed by atoms with Crippen LogP contribution in [0.5, 0.6) is 0 Å². The summed E-state index contributed by atoms with van der Waals surface area (Å²) in [5.74, 6) is 0.683. The van der Waals surface area contributed by atoms with Crippen LogP contribution in [0.25, 0.3) is 5.65 Å². The van der Waals surface area contributed by atoms with Gasteiger partial charge in [0.05, 0.1) is 19.1 Å². The van der Waals surface area contributed by atoms with Crippen LogP contribution in [-0.4, -0.2) is 20.5 Å². The minimum Gasteiger partial charge on any atom is -0.467 e. The molecule has 3 aromatic heterocycles. The van der Waals surface area contributed by atoms with Gasteiger partial charge in [-0.2, -0.15) is 10.4 Å². The first-order chi connectivity index (χ1) is 15.5. The molecule has 0 aliphatic rings. The number of ether oxygens (including phenoxy) is 1. The van der Waals surface area contributed by atoms with E-state index in [0.29, 0.717) is 37.3 Å². The van der Waals surface area contributed by atoms with Crippen LogP contribution >= 0.6 is 0 Å². The molecule has 8 heteroatoms. The summed E-state index contributed by atoms with van der Waals surface area (Å²) in [6, 6.07) is 13.4. The molecule has 1 N–H and O–H groups in total. The molecule has 0 bridgehead atoms. The van der Waals surface area contributed by atoms with Gasteiger partial charge in [-0.25, -0.2) is 9.50 Å². The monoisotopic (exact) mass is 429 g/mol. The molecule has 0 fully saturated rings. The van der Waals surface area contributed by atoms with Crippen molar-refractivity contribution in [3.8, 4) is 6.07 Å². The first-order valence-electron chi connectivity index (χ1n) is 10.3. The zero-order valence-corrected chi connectivity index (χ0v) is 18.0. The first kappa shape index (κ1) is 21.3. The maximum Gasteiger partial charge on any atom is 0.224 e. The van der Waals surface area contributed by atoms with Crippen LogP contribution < -0.4 is 5.32 Å². The number of nitriles is 1. The molecule has 1 aromatic carbocycles. The van der Waals surface area contributed by atoms with Crippen molar-refractivity contribution in [1.29, 1.82) is 5.26 Å². The lowest BCUT2D eigenvalue weighted by Gasteiger charge is -2.12. The van der Waals surface area contributed by atoms with E-state index in [1.54, 1.807) is 10.8 Å². The number of aromatic nitrogens is 3. The normalized spacial score (nSPS) is 10.9. The summed E-state index contributed by atoms with van der Waals surface area (Å²) >= 11 is 0. The van der Waals surface area contributed by atoms with E-state index in [1.165, 1.54) is 6.20 Å². The van der Waals surface area contributed by atoms with E-state index in [4.69, 9.17) is 9.15 Å². The lowest BCUT2D eigenvalue weighted by atomic mass is 10.1. The number of carbonyl (C=O) groups excluding carboxylic acids is 1. The third kappa shape index (κ3) is 4.68. The minimum absolute atomic E-state index is 0.0873. The van der Waals surface area contributed by atoms with Gasteiger partial charge in [0, 0.05) is 23.5 Å². The standard InChI is InChI=1S/C24H23N5O3/c1-16-22(17(2)29-24(27-16)19(12-25)13-26-29)8-9-23(30)28-20-6-3-5-18(11-20)14-31-15-21-7-4-10-32-21/h3-7,10-11,13H,8-9,14-15H2,1-2H3,(H,28,30). The maximum absolute atomic E-state index is 12.6. The summed E-state index contributed by atoms with van der Waals surface area (Å²) in [6.07, 6.45) is 3.96. The number of hydrogen-bond acceptors (Lipinski definition) is 6. The Balaban J connectivity index is 1.35.